The lowest BCUT2D eigenvalue weighted by Crippen LogP contribution is -2.47. The zero-order valence-corrected chi connectivity index (χ0v) is 12.1. The van der Waals surface area contributed by atoms with E-state index in [9.17, 15) is 21.6 Å². The van der Waals surface area contributed by atoms with E-state index >= 15 is 0 Å². The lowest BCUT2D eigenvalue weighted by molar-refractivity contribution is 0.426. The lowest BCUT2D eigenvalue weighted by atomic mass is 10.1. The van der Waals surface area contributed by atoms with E-state index in [1.165, 1.54) is 0 Å². The fraction of sp³-hybridized carbons (Fsp3) is 0.538. The summed E-state index contributed by atoms with van der Waals surface area (Å²) < 4.78 is 66.3. The number of nitrogens with one attached hydrogen (secondary N) is 1. The van der Waals surface area contributed by atoms with Crippen molar-refractivity contribution in [3.63, 3.8) is 0 Å². The molecule has 0 aliphatic heterocycles. The molecule has 0 radical (unpaired) electrons. The molecule has 1 saturated carbocycles. The monoisotopic (exact) mass is 322 g/mol. The second-order valence-corrected chi connectivity index (χ2v) is 6.89. The van der Waals surface area contributed by atoms with E-state index in [4.69, 9.17) is 5.73 Å². The smallest absolute Gasteiger partial charge is 0.243 e. The van der Waals surface area contributed by atoms with Crippen molar-refractivity contribution in [3.8, 4) is 0 Å². The number of benzene rings is 1. The topological polar surface area (TPSA) is 72.2 Å². The summed E-state index contributed by atoms with van der Waals surface area (Å²) >= 11 is 0. The minimum atomic E-state index is -4.29. The molecule has 118 valence electrons. The number of rotatable bonds is 3. The molecule has 8 heteroatoms. The van der Waals surface area contributed by atoms with Crippen molar-refractivity contribution in [1.82, 2.24) is 4.72 Å². The van der Waals surface area contributed by atoms with Crippen molar-refractivity contribution in [3.05, 3.63) is 29.6 Å². The standard InChI is InChI=1S/C13H17F3N2O2S/c14-8-6-7-11(13(16)12(8)15)21(19,20)18-10-5-3-1-2-4-9(10)17/h6-7,9-10,18H,1-5,17H2. The van der Waals surface area contributed by atoms with Crippen LogP contribution in [-0.4, -0.2) is 20.5 Å². The third-order valence-corrected chi connectivity index (χ3v) is 5.17. The summed E-state index contributed by atoms with van der Waals surface area (Å²) in [7, 11) is -4.29. The van der Waals surface area contributed by atoms with Gasteiger partial charge in [0.05, 0.1) is 0 Å². The second-order valence-electron chi connectivity index (χ2n) is 5.20. The Hall–Kier alpha value is -1.12. The molecule has 4 nitrogen and oxygen atoms in total. The van der Waals surface area contributed by atoms with Gasteiger partial charge in [-0.3, -0.25) is 0 Å². The molecule has 21 heavy (non-hydrogen) atoms. The summed E-state index contributed by atoms with van der Waals surface area (Å²) in [4.78, 5) is -0.905. The number of hydrogen-bond acceptors (Lipinski definition) is 3. The summed E-state index contributed by atoms with van der Waals surface area (Å²) in [5.74, 6) is -4.95. The molecule has 1 fully saturated rings. The normalized spacial score (nSPS) is 23.8. The van der Waals surface area contributed by atoms with Crippen LogP contribution < -0.4 is 10.5 Å². The molecule has 2 rings (SSSR count). The van der Waals surface area contributed by atoms with Gasteiger partial charge in [0.1, 0.15) is 4.90 Å². The quantitative estimate of drug-likeness (QED) is 0.661. The van der Waals surface area contributed by atoms with Gasteiger partial charge in [0, 0.05) is 12.1 Å². The maximum Gasteiger partial charge on any atom is 0.243 e. The van der Waals surface area contributed by atoms with Gasteiger partial charge in [-0.15, -0.1) is 0 Å². The Labute approximate surface area is 121 Å². The van der Waals surface area contributed by atoms with Crippen molar-refractivity contribution in [2.45, 2.75) is 49.1 Å². The van der Waals surface area contributed by atoms with Crippen LogP contribution in [0.25, 0.3) is 0 Å². The summed E-state index contributed by atoms with van der Waals surface area (Å²) in [6, 6.07) is 0.374. The maximum absolute atomic E-state index is 13.6. The molecular formula is C13H17F3N2O2S. The van der Waals surface area contributed by atoms with E-state index in [1.807, 2.05) is 0 Å². The van der Waals surface area contributed by atoms with Gasteiger partial charge < -0.3 is 5.73 Å². The maximum atomic E-state index is 13.6. The van der Waals surface area contributed by atoms with Crippen LogP contribution in [0.2, 0.25) is 0 Å². The SMILES string of the molecule is NC1CCCCCC1NS(=O)(=O)c1ccc(F)c(F)c1F. The Balaban J connectivity index is 2.28. The zero-order chi connectivity index (χ0) is 15.6. The number of nitrogens with two attached hydrogens (primary N) is 1. The molecule has 2 unspecified atom stereocenters. The molecule has 0 aromatic heterocycles. The van der Waals surface area contributed by atoms with Gasteiger partial charge in [0.25, 0.3) is 0 Å². The van der Waals surface area contributed by atoms with Gasteiger partial charge in [-0.25, -0.2) is 26.3 Å². The van der Waals surface area contributed by atoms with E-state index in [1.54, 1.807) is 0 Å². The van der Waals surface area contributed by atoms with E-state index in [-0.39, 0.29) is 6.04 Å². The van der Waals surface area contributed by atoms with Gasteiger partial charge in [0.2, 0.25) is 10.0 Å². The summed E-state index contributed by atoms with van der Waals surface area (Å²) in [5.41, 5.74) is 5.90. The highest BCUT2D eigenvalue weighted by atomic mass is 32.2. The molecule has 0 spiro atoms. The highest BCUT2D eigenvalue weighted by Crippen LogP contribution is 2.22. The lowest BCUT2D eigenvalue weighted by Gasteiger charge is -2.22. The van der Waals surface area contributed by atoms with Gasteiger partial charge >= 0.3 is 0 Å². The van der Waals surface area contributed by atoms with Crippen molar-refractivity contribution < 1.29 is 21.6 Å². The van der Waals surface area contributed by atoms with Crippen LogP contribution in [-0.2, 0) is 10.0 Å². The van der Waals surface area contributed by atoms with Crippen LogP contribution in [0.5, 0.6) is 0 Å². The highest BCUT2D eigenvalue weighted by molar-refractivity contribution is 7.89. The first-order valence-electron chi connectivity index (χ1n) is 6.74. The molecule has 1 aliphatic rings. The molecule has 1 aromatic rings. The molecular weight excluding hydrogens is 305 g/mol. The molecule has 0 amide bonds. The van der Waals surface area contributed by atoms with Crippen molar-refractivity contribution in [2.75, 3.05) is 0 Å². The van der Waals surface area contributed by atoms with Crippen molar-refractivity contribution >= 4 is 10.0 Å². The van der Waals surface area contributed by atoms with E-state index < -0.39 is 38.4 Å². The third kappa shape index (κ3) is 3.56. The van der Waals surface area contributed by atoms with Crippen LogP contribution in [0.4, 0.5) is 13.2 Å². The molecule has 1 aliphatic carbocycles. The number of hydrogen-bond donors (Lipinski definition) is 2. The average molecular weight is 322 g/mol. The molecule has 3 N–H and O–H groups in total. The predicted octanol–water partition coefficient (Wildman–Crippen LogP) is 2.04. The van der Waals surface area contributed by atoms with Gasteiger partial charge in [-0.1, -0.05) is 19.3 Å². The molecule has 0 heterocycles. The Bertz CT molecular complexity index is 622. The van der Waals surface area contributed by atoms with Crippen LogP contribution in [0.15, 0.2) is 17.0 Å². The van der Waals surface area contributed by atoms with Crippen molar-refractivity contribution in [1.29, 1.82) is 0 Å². The van der Waals surface area contributed by atoms with E-state index in [2.05, 4.69) is 4.72 Å². The number of halogens is 3. The first-order valence-corrected chi connectivity index (χ1v) is 8.22. The molecule has 0 saturated heterocycles. The van der Waals surface area contributed by atoms with Gasteiger partial charge in [0.15, 0.2) is 17.5 Å². The van der Waals surface area contributed by atoms with E-state index in [0.717, 1.165) is 19.3 Å². The number of sulfonamides is 1. The average Bonchev–Trinajstić information content (AvgIpc) is 2.61. The summed E-state index contributed by atoms with van der Waals surface area (Å²) in [6.45, 7) is 0. The minimum absolute atomic E-state index is 0.379. The highest BCUT2D eigenvalue weighted by Gasteiger charge is 2.29. The second kappa shape index (κ2) is 6.33. The fourth-order valence-electron chi connectivity index (χ4n) is 2.46. The van der Waals surface area contributed by atoms with Crippen LogP contribution in [0.1, 0.15) is 32.1 Å². The first-order chi connectivity index (χ1) is 9.83. The molecule has 1 aromatic carbocycles. The largest absolute Gasteiger partial charge is 0.326 e. The fourth-order valence-corrected chi connectivity index (χ4v) is 3.85. The molecule has 2 atom stereocenters. The Morgan fingerprint density at radius 1 is 1.05 bits per heavy atom. The summed E-state index contributed by atoms with van der Waals surface area (Å²) in [5, 5.41) is 0. The zero-order valence-electron chi connectivity index (χ0n) is 11.3. The van der Waals surface area contributed by atoms with Crippen LogP contribution in [0, 0.1) is 17.5 Å². The van der Waals surface area contributed by atoms with Crippen molar-refractivity contribution in [2.24, 2.45) is 5.73 Å². The van der Waals surface area contributed by atoms with Crippen LogP contribution in [0.3, 0.4) is 0 Å². The van der Waals surface area contributed by atoms with Gasteiger partial charge in [-0.05, 0) is 25.0 Å². The molecule has 0 bridgehead atoms. The summed E-state index contributed by atoms with van der Waals surface area (Å²) in [6.07, 6.45) is 3.85. The van der Waals surface area contributed by atoms with E-state index in [0.29, 0.717) is 25.0 Å². The predicted molar refractivity (Wildman–Crippen MR) is 71.5 cm³/mol. The van der Waals surface area contributed by atoms with Crippen LogP contribution >= 0.6 is 0 Å². The minimum Gasteiger partial charge on any atom is -0.326 e. The Morgan fingerprint density at radius 3 is 2.43 bits per heavy atom. The Kier molecular flexibility index (Phi) is 4.90. The van der Waals surface area contributed by atoms with Gasteiger partial charge in [-0.2, -0.15) is 0 Å². The third-order valence-electron chi connectivity index (χ3n) is 3.67. The Morgan fingerprint density at radius 2 is 1.71 bits per heavy atom. The first kappa shape index (κ1) is 16.3.